The van der Waals surface area contributed by atoms with E-state index in [1.807, 2.05) is 6.92 Å². The second kappa shape index (κ2) is 7.54. The minimum atomic E-state index is -0.382. The van der Waals surface area contributed by atoms with Gasteiger partial charge in [-0.1, -0.05) is 16.7 Å². The van der Waals surface area contributed by atoms with Crippen LogP contribution < -0.4 is 5.32 Å². The lowest BCUT2D eigenvalue weighted by atomic mass is 10.1. The first-order chi connectivity index (χ1) is 12.0. The molecule has 1 N–H and O–H groups in total. The van der Waals surface area contributed by atoms with Crippen molar-refractivity contribution in [3.05, 3.63) is 45.2 Å². The Balaban J connectivity index is 1.53. The van der Waals surface area contributed by atoms with Crippen molar-refractivity contribution >= 4 is 40.6 Å². The van der Waals surface area contributed by atoms with Crippen molar-refractivity contribution in [2.24, 2.45) is 0 Å². The van der Waals surface area contributed by atoms with E-state index in [9.17, 15) is 9.59 Å². The molecule has 3 rings (SSSR count). The summed E-state index contributed by atoms with van der Waals surface area (Å²) in [5, 5.41) is 13.3. The van der Waals surface area contributed by atoms with Crippen LogP contribution in [0.5, 0.6) is 0 Å². The zero-order valence-electron chi connectivity index (χ0n) is 13.2. The van der Waals surface area contributed by atoms with Crippen LogP contribution in [-0.4, -0.2) is 26.9 Å². The zero-order valence-corrected chi connectivity index (χ0v) is 14.7. The van der Waals surface area contributed by atoms with Crippen LogP contribution in [0.1, 0.15) is 28.2 Å². The van der Waals surface area contributed by atoms with Gasteiger partial charge in [-0.15, -0.1) is 16.4 Å². The second-order valence-corrected chi connectivity index (χ2v) is 6.64. The van der Waals surface area contributed by atoms with Crippen LogP contribution in [-0.2, 0) is 4.79 Å². The van der Waals surface area contributed by atoms with Crippen molar-refractivity contribution < 1.29 is 14.0 Å². The highest BCUT2D eigenvalue weighted by atomic mass is 35.5. The topological polar surface area (TPSA) is 98.0 Å². The van der Waals surface area contributed by atoms with E-state index in [1.54, 1.807) is 29.6 Å². The van der Waals surface area contributed by atoms with Gasteiger partial charge in [-0.05, 0) is 31.2 Å². The molecule has 1 aromatic carbocycles. The Bertz CT molecular complexity index is 904. The van der Waals surface area contributed by atoms with Crippen molar-refractivity contribution in [3.63, 3.8) is 0 Å². The van der Waals surface area contributed by atoms with Crippen molar-refractivity contribution in [2.75, 3.05) is 5.32 Å². The molecule has 0 saturated carbocycles. The normalized spacial score (nSPS) is 10.6. The van der Waals surface area contributed by atoms with Crippen LogP contribution in [0, 0.1) is 6.92 Å². The molecule has 9 heteroatoms. The number of rotatable bonds is 6. The van der Waals surface area contributed by atoms with E-state index in [4.69, 9.17) is 16.0 Å². The summed E-state index contributed by atoms with van der Waals surface area (Å²) >= 11 is 7.24. The summed E-state index contributed by atoms with van der Waals surface area (Å²) in [5.41, 5.74) is 1.07. The number of anilines is 1. The lowest BCUT2D eigenvalue weighted by molar-refractivity contribution is -0.116. The number of ketones is 1. The lowest BCUT2D eigenvalue weighted by Gasteiger charge is -2.01. The fourth-order valence-electron chi connectivity index (χ4n) is 2.03. The van der Waals surface area contributed by atoms with Gasteiger partial charge in [0.1, 0.15) is 5.69 Å². The monoisotopic (exact) mass is 376 g/mol. The van der Waals surface area contributed by atoms with Gasteiger partial charge in [0.05, 0.1) is 5.01 Å². The third kappa shape index (κ3) is 4.49. The summed E-state index contributed by atoms with van der Waals surface area (Å²) in [4.78, 5) is 28.2. The molecule has 0 saturated heterocycles. The Morgan fingerprint density at radius 1 is 1.20 bits per heavy atom. The largest absolute Gasteiger partial charge is 0.401 e. The average Bonchev–Trinajstić information content (AvgIpc) is 3.22. The number of Topliss-reactive ketones (excluding diaryl/α,β-unsaturated/α-hetero) is 1. The molecule has 0 bridgehead atoms. The summed E-state index contributed by atoms with van der Waals surface area (Å²) in [6.45, 7) is 1.87. The molecule has 128 valence electrons. The molecule has 0 atom stereocenters. The Labute approximate surface area is 152 Å². The van der Waals surface area contributed by atoms with E-state index in [1.165, 1.54) is 11.3 Å². The molecule has 0 unspecified atom stereocenters. The number of halogens is 1. The van der Waals surface area contributed by atoms with Crippen LogP contribution in [0.3, 0.4) is 0 Å². The summed E-state index contributed by atoms with van der Waals surface area (Å²) < 4.78 is 5.35. The number of aromatic nitrogens is 3. The molecule has 7 nitrogen and oxygen atoms in total. The van der Waals surface area contributed by atoms with E-state index >= 15 is 0 Å². The number of amides is 1. The van der Waals surface area contributed by atoms with E-state index in [2.05, 4.69) is 20.5 Å². The van der Waals surface area contributed by atoms with E-state index in [-0.39, 0.29) is 36.4 Å². The van der Waals surface area contributed by atoms with Crippen molar-refractivity contribution in [1.29, 1.82) is 0 Å². The molecule has 0 aliphatic rings. The number of benzene rings is 1. The first-order valence-electron chi connectivity index (χ1n) is 7.36. The number of hydrogen-bond acceptors (Lipinski definition) is 7. The first-order valence-corrected chi connectivity index (χ1v) is 8.61. The molecule has 0 fully saturated rings. The third-order valence-corrected chi connectivity index (χ3v) is 4.28. The standard InChI is InChI=1S/C16H13ClN4O3S/c1-9-18-12(8-25-9)15-20-21-16(24-15)19-14(23)7-6-13(22)10-2-4-11(17)5-3-10/h2-5,8H,6-7H2,1H3,(H,19,21,23). The van der Waals surface area contributed by atoms with Gasteiger partial charge in [0.2, 0.25) is 5.91 Å². The highest BCUT2D eigenvalue weighted by molar-refractivity contribution is 7.09. The smallest absolute Gasteiger partial charge is 0.322 e. The van der Waals surface area contributed by atoms with Crippen LogP contribution >= 0.6 is 22.9 Å². The molecular formula is C16H13ClN4O3S. The van der Waals surface area contributed by atoms with Crippen molar-refractivity contribution in [3.8, 4) is 11.6 Å². The number of hydrogen-bond donors (Lipinski definition) is 1. The van der Waals surface area contributed by atoms with Crippen LogP contribution in [0.2, 0.25) is 5.02 Å². The fraction of sp³-hybridized carbons (Fsp3) is 0.188. The van der Waals surface area contributed by atoms with Crippen LogP contribution in [0.4, 0.5) is 6.01 Å². The Kier molecular flexibility index (Phi) is 5.20. The van der Waals surface area contributed by atoms with Gasteiger partial charge in [-0.2, -0.15) is 0 Å². The van der Waals surface area contributed by atoms with Gasteiger partial charge in [-0.3, -0.25) is 14.9 Å². The molecule has 2 aromatic heterocycles. The van der Waals surface area contributed by atoms with Crippen LogP contribution in [0.25, 0.3) is 11.6 Å². The fourth-order valence-corrected chi connectivity index (χ4v) is 2.74. The predicted molar refractivity (Wildman–Crippen MR) is 93.8 cm³/mol. The van der Waals surface area contributed by atoms with E-state index in [0.717, 1.165) is 5.01 Å². The van der Waals surface area contributed by atoms with Gasteiger partial charge < -0.3 is 4.42 Å². The Morgan fingerprint density at radius 3 is 2.64 bits per heavy atom. The maximum Gasteiger partial charge on any atom is 0.322 e. The summed E-state index contributed by atoms with van der Waals surface area (Å²) in [6, 6.07) is 6.50. The van der Waals surface area contributed by atoms with Gasteiger partial charge >= 0.3 is 6.01 Å². The molecule has 0 radical (unpaired) electrons. The lowest BCUT2D eigenvalue weighted by Crippen LogP contribution is -2.13. The number of carbonyl (C=O) groups excluding carboxylic acids is 2. The molecule has 2 heterocycles. The molecule has 0 aliphatic carbocycles. The summed E-state index contributed by atoms with van der Waals surface area (Å²) in [6.07, 6.45) is 0.0781. The van der Waals surface area contributed by atoms with Gasteiger partial charge in [0, 0.05) is 28.8 Å². The minimum Gasteiger partial charge on any atom is -0.401 e. The van der Waals surface area contributed by atoms with Crippen molar-refractivity contribution in [1.82, 2.24) is 15.2 Å². The third-order valence-electron chi connectivity index (χ3n) is 3.25. The van der Waals surface area contributed by atoms with Gasteiger partial charge in [0.15, 0.2) is 5.78 Å². The van der Waals surface area contributed by atoms with Crippen molar-refractivity contribution in [2.45, 2.75) is 19.8 Å². The minimum absolute atomic E-state index is 0.00891. The summed E-state index contributed by atoms with van der Waals surface area (Å²) in [7, 11) is 0. The van der Waals surface area contributed by atoms with E-state index < -0.39 is 0 Å². The molecule has 0 spiro atoms. The predicted octanol–water partition coefficient (Wildman–Crippen LogP) is 3.76. The number of aryl methyl sites for hydroxylation is 1. The van der Waals surface area contributed by atoms with Crippen LogP contribution in [0.15, 0.2) is 34.1 Å². The summed E-state index contributed by atoms with van der Waals surface area (Å²) in [5.74, 6) is -0.292. The molecule has 3 aromatic rings. The maximum atomic E-state index is 12.0. The van der Waals surface area contributed by atoms with Gasteiger partial charge in [-0.25, -0.2) is 4.98 Å². The highest BCUT2D eigenvalue weighted by Gasteiger charge is 2.14. The number of thiazole rings is 1. The number of nitrogens with one attached hydrogen (secondary N) is 1. The first kappa shape index (κ1) is 17.2. The SMILES string of the molecule is Cc1nc(-c2nnc(NC(=O)CCC(=O)c3ccc(Cl)cc3)o2)cs1. The molecule has 1 amide bonds. The Morgan fingerprint density at radius 2 is 1.96 bits per heavy atom. The average molecular weight is 377 g/mol. The quantitative estimate of drug-likeness (QED) is 0.658. The molecule has 0 aliphatic heterocycles. The van der Waals surface area contributed by atoms with Gasteiger partial charge in [0.25, 0.3) is 5.89 Å². The maximum absolute atomic E-state index is 12.0. The number of nitrogens with zero attached hydrogens (tertiary/aromatic N) is 3. The number of carbonyl (C=O) groups is 2. The Hall–Kier alpha value is -2.58. The van der Waals surface area contributed by atoms with E-state index in [0.29, 0.717) is 16.3 Å². The highest BCUT2D eigenvalue weighted by Crippen LogP contribution is 2.21. The molecular weight excluding hydrogens is 364 g/mol. The second-order valence-electron chi connectivity index (χ2n) is 5.14. The molecule has 25 heavy (non-hydrogen) atoms. The zero-order chi connectivity index (χ0) is 17.8.